The molecule has 11 heteroatoms. The number of sulfonamides is 1. The summed E-state index contributed by atoms with van der Waals surface area (Å²) in [4.78, 5) is 1.90. The number of rotatable bonds is 7. The molecule has 0 amide bonds. The molecule has 2 aromatic rings. The van der Waals surface area contributed by atoms with Crippen molar-refractivity contribution in [1.82, 2.24) is 5.32 Å². The second-order valence-corrected chi connectivity index (χ2v) is 8.46. The molecule has 0 saturated carbocycles. The second kappa shape index (κ2) is 9.02. The first kappa shape index (κ1) is 21.4. The summed E-state index contributed by atoms with van der Waals surface area (Å²) in [7, 11) is -2.76. The maximum absolute atomic E-state index is 13.1. The van der Waals surface area contributed by atoms with Crippen molar-refractivity contribution in [3.05, 3.63) is 42.5 Å². The molecule has 0 aromatic heterocycles. The highest BCUT2D eigenvalue weighted by Gasteiger charge is 2.28. The molecule has 158 valence electrons. The highest BCUT2D eigenvalue weighted by molar-refractivity contribution is 7.94. The van der Waals surface area contributed by atoms with Crippen LogP contribution in [0.5, 0.6) is 11.5 Å². The van der Waals surface area contributed by atoms with Crippen molar-refractivity contribution in [2.45, 2.75) is 11.5 Å². The SMILES string of the molecule is COc1ccc(S(=O)(=O)N(Cl)c2ccccc2OC(F)F)cc1N1CCNCC1. The lowest BCUT2D eigenvalue weighted by Crippen LogP contribution is -2.43. The van der Waals surface area contributed by atoms with Crippen LogP contribution >= 0.6 is 11.8 Å². The average Bonchev–Trinajstić information content (AvgIpc) is 2.73. The summed E-state index contributed by atoms with van der Waals surface area (Å²) in [5.41, 5.74) is 0.395. The van der Waals surface area contributed by atoms with Gasteiger partial charge in [-0.05, 0) is 30.3 Å². The van der Waals surface area contributed by atoms with Crippen molar-refractivity contribution in [2.24, 2.45) is 0 Å². The fourth-order valence-electron chi connectivity index (χ4n) is 3.00. The number of ether oxygens (including phenoxy) is 2. The van der Waals surface area contributed by atoms with Crippen LogP contribution in [0.1, 0.15) is 0 Å². The quantitative estimate of drug-likeness (QED) is 0.658. The molecule has 1 N–H and O–H groups in total. The summed E-state index contributed by atoms with van der Waals surface area (Å²) in [6.45, 7) is -0.269. The van der Waals surface area contributed by atoms with Gasteiger partial charge in [-0.15, -0.1) is 0 Å². The molecule has 7 nitrogen and oxygen atoms in total. The summed E-state index contributed by atoms with van der Waals surface area (Å²) < 4.78 is 61.7. The molecule has 1 aliphatic rings. The number of methoxy groups -OCH3 is 1. The molecular formula is C18H20ClF2N3O4S. The molecule has 1 aliphatic heterocycles. The smallest absolute Gasteiger partial charge is 0.387 e. The Labute approximate surface area is 172 Å². The maximum Gasteiger partial charge on any atom is 0.387 e. The average molecular weight is 448 g/mol. The first-order valence-electron chi connectivity index (χ1n) is 8.73. The number of para-hydroxylation sites is 2. The van der Waals surface area contributed by atoms with Gasteiger partial charge >= 0.3 is 6.61 Å². The molecular weight excluding hydrogens is 428 g/mol. The van der Waals surface area contributed by atoms with Gasteiger partial charge in [0.1, 0.15) is 11.4 Å². The Kier molecular flexibility index (Phi) is 6.66. The van der Waals surface area contributed by atoms with E-state index in [2.05, 4.69) is 10.1 Å². The number of anilines is 2. The summed E-state index contributed by atoms with van der Waals surface area (Å²) in [6, 6.07) is 9.76. The van der Waals surface area contributed by atoms with Gasteiger partial charge in [0, 0.05) is 38.0 Å². The zero-order valence-electron chi connectivity index (χ0n) is 15.5. The van der Waals surface area contributed by atoms with Crippen LogP contribution in [-0.4, -0.2) is 48.3 Å². The van der Waals surface area contributed by atoms with Crippen LogP contribution in [0.4, 0.5) is 20.2 Å². The Morgan fingerprint density at radius 3 is 2.48 bits per heavy atom. The minimum atomic E-state index is -4.26. The summed E-state index contributed by atoms with van der Waals surface area (Å²) in [5.74, 6) is 0.172. The van der Waals surface area contributed by atoms with Crippen molar-refractivity contribution >= 4 is 33.2 Å². The van der Waals surface area contributed by atoms with Crippen LogP contribution < -0.4 is 23.5 Å². The van der Waals surface area contributed by atoms with E-state index in [9.17, 15) is 17.2 Å². The topological polar surface area (TPSA) is 71.1 Å². The van der Waals surface area contributed by atoms with E-state index in [0.717, 1.165) is 13.1 Å². The molecule has 29 heavy (non-hydrogen) atoms. The van der Waals surface area contributed by atoms with Crippen molar-refractivity contribution in [3.63, 3.8) is 0 Å². The van der Waals surface area contributed by atoms with E-state index in [1.54, 1.807) is 0 Å². The molecule has 0 unspecified atom stereocenters. The second-order valence-electron chi connectivity index (χ2n) is 6.14. The monoisotopic (exact) mass is 447 g/mol. The standard InChI is InChI=1S/C18H20ClF2N3O4S/c1-27-16-7-6-13(12-15(16)23-10-8-22-9-11-23)29(25,26)24(19)14-4-2-3-5-17(14)28-18(20)21/h2-7,12,18,22H,8-11H2,1H3. The lowest BCUT2D eigenvalue weighted by molar-refractivity contribution is -0.0493. The minimum absolute atomic E-state index is 0.103. The van der Waals surface area contributed by atoms with Gasteiger partial charge in [-0.2, -0.15) is 21.0 Å². The zero-order valence-corrected chi connectivity index (χ0v) is 17.1. The Hall–Kier alpha value is -2.30. The molecule has 0 aliphatic carbocycles. The number of nitrogens with one attached hydrogen (secondary N) is 1. The van der Waals surface area contributed by atoms with Gasteiger partial charge in [-0.3, -0.25) is 0 Å². The predicted octanol–water partition coefficient (Wildman–Crippen LogP) is 3.06. The lowest BCUT2D eigenvalue weighted by atomic mass is 10.2. The normalized spacial score (nSPS) is 14.7. The molecule has 0 atom stereocenters. The van der Waals surface area contributed by atoms with Gasteiger partial charge < -0.3 is 19.7 Å². The van der Waals surface area contributed by atoms with Gasteiger partial charge in [0.25, 0.3) is 10.0 Å². The van der Waals surface area contributed by atoms with E-state index < -0.39 is 16.6 Å². The number of halogens is 3. The van der Waals surface area contributed by atoms with E-state index in [1.807, 2.05) is 4.90 Å². The predicted molar refractivity (Wildman–Crippen MR) is 107 cm³/mol. The van der Waals surface area contributed by atoms with Crippen molar-refractivity contribution in [3.8, 4) is 11.5 Å². The van der Waals surface area contributed by atoms with Gasteiger partial charge in [0.15, 0.2) is 5.75 Å². The Bertz CT molecular complexity index is 956. The van der Waals surface area contributed by atoms with Gasteiger partial charge in [0.05, 0.1) is 17.7 Å². The van der Waals surface area contributed by atoms with Crippen molar-refractivity contribution in [1.29, 1.82) is 0 Å². The third-order valence-corrected chi connectivity index (χ3v) is 6.58. The van der Waals surface area contributed by atoms with Crippen LogP contribution in [0.15, 0.2) is 47.4 Å². The molecule has 1 heterocycles. The number of hydrogen-bond donors (Lipinski definition) is 1. The Balaban J connectivity index is 1.99. The number of nitrogens with zero attached hydrogens (tertiary/aromatic N) is 2. The van der Waals surface area contributed by atoms with Crippen molar-refractivity contribution < 1.29 is 26.7 Å². The zero-order chi connectivity index (χ0) is 21.0. The molecule has 0 bridgehead atoms. The van der Waals surface area contributed by atoms with Crippen LogP contribution in [0.3, 0.4) is 0 Å². The Morgan fingerprint density at radius 2 is 1.83 bits per heavy atom. The van der Waals surface area contributed by atoms with E-state index in [1.165, 1.54) is 49.6 Å². The molecule has 3 rings (SSSR count). The van der Waals surface area contributed by atoms with Gasteiger partial charge in [0.2, 0.25) is 0 Å². The lowest BCUT2D eigenvalue weighted by Gasteiger charge is -2.31. The third-order valence-electron chi connectivity index (χ3n) is 4.39. The van der Waals surface area contributed by atoms with E-state index in [-0.39, 0.29) is 16.3 Å². The van der Waals surface area contributed by atoms with Crippen LogP contribution in [-0.2, 0) is 10.0 Å². The van der Waals surface area contributed by atoms with Crippen LogP contribution in [0.25, 0.3) is 0 Å². The van der Waals surface area contributed by atoms with Crippen LogP contribution in [0.2, 0.25) is 0 Å². The highest BCUT2D eigenvalue weighted by atomic mass is 35.5. The molecule has 2 aromatic carbocycles. The fourth-order valence-corrected chi connectivity index (χ4v) is 4.48. The number of benzene rings is 2. The molecule has 1 fully saturated rings. The molecule has 1 saturated heterocycles. The van der Waals surface area contributed by atoms with Gasteiger partial charge in [-0.1, -0.05) is 12.1 Å². The Morgan fingerprint density at radius 1 is 1.14 bits per heavy atom. The summed E-state index contributed by atoms with van der Waals surface area (Å²) in [5, 5.41) is 3.22. The van der Waals surface area contributed by atoms with Crippen molar-refractivity contribution in [2.75, 3.05) is 42.0 Å². The first-order chi connectivity index (χ1) is 13.8. The van der Waals surface area contributed by atoms with Crippen LogP contribution in [0, 0.1) is 0 Å². The largest absolute Gasteiger partial charge is 0.495 e. The number of hydrogen-bond acceptors (Lipinski definition) is 6. The fraction of sp³-hybridized carbons (Fsp3) is 0.333. The highest BCUT2D eigenvalue weighted by Crippen LogP contribution is 2.37. The third kappa shape index (κ3) is 4.65. The number of alkyl halides is 2. The summed E-state index contributed by atoms with van der Waals surface area (Å²) in [6.07, 6.45) is 0. The minimum Gasteiger partial charge on any atom is -0.495 e. The van der Waals surface area contributed by atoms with E-state index >= 15 is 0 Å². The van der Waals surface area contributed by atoms with E-state index in [0.29, 0.717) is 28.4 Å². The van der Waals surface area contributed by atoms with Gasteiger partial charge in [-0.25, -0.2) is 0 Å². The summed E-state index contributed by atoms with van der Waals surface area (Å²) >= 11 is 6.10. The molecule has 0 spiro atoms. The molecule has 0 radical (unpaired) electrons. The van der Waals surface area contributed by atoms with E-state index in [4.69, 9.17) is 16.5 Å². The maximum atomic E-state index is 13.1. The first-order valence-corrected chi connectivity index (χ1v) is 10.5. The number of piperazine rings is 1.